The Kier molecular flexibility index (Phi) is 5.26. The number of hydrogen-bond donors (Lipinski definition) is 2. The fraction of sp³-hybridized carbons (Fsp3) is 0.750. The molecule has 0 fully saturated rings. The molecule has 0 unspecified atom stereocenters. The van der Waals surface area contributed by atoms with Gasteiger partial charge in [-0.1, -0.05) is 19.1 Å². The van der Waals surface area contributed by atoms with E-state index in [2.05, 4.69) is 6.58 Å². The van der Waals surface area contributed by atoms with Crippen LogP contribution in [0, 0.1) is 5.92 Å². The Bertz CT molecular complexity index is 95.4. The Morgan fingerprint density at radius 1 is 1.40 bits per heavy atom. The summed E-state index contributed by atoms with van der Waals surface area (Å²) in [7, 11) is 0. The molecule has 0 aliphatic carbocycles. The van der Waals surface area contributed by atoms with Crippen LogP contribution in [0.1, 0.15) is 19.8 Å². The molecule has 0 amide bonds. The molecule has 0 heterocycles. The molecule has 0 saturated heterocycles. The molecule has 0 radical (unpaired) electrons. The number of aliphatic hydroxyl groups excluding tert-OH is 2. The van der Waals surface area contributed by atoms with Crippen LogP contribution >= 0.6 is 0 Å². The molecule has 60 valence electrons. The second kappa shape index (κ2) is 5.45. The minimum Gasteiger partial charge on any atom is -0.396 e. The molecule has 2 nitrogen and oxygen atoms in total. The molecule has 0 spiro atoms. The van der Waals surface area contributed by atoms with Gasteiger partial charge in [0.2, 0.25) is 0 Å². The van der Waals surface area contributed by atoms with Crippen LogP contribution in [-0.4, -0.2) is 23.4 Å². The lowest BCUT2D eigenvalue weighted by atomic mass is 10.0. The normalized spacial score (nSPS) is 10.4. The van der Waals surface area contributed by atoms with Crippen molar-refractivity contribution >= 4 is 0 Å². The van der Waals surface area contributed by atoms with Crippen LogP contribution in [0.25, 0.3) is 0 Å². The second-order valence-electron chi connectivity index (χ2n) is 2.54. The molecule has 0 aromatic rings. The van der Waals surface area contributed by atoms with Crippen molar-refractivity contribution in [1.82, 2.24) is 0 Å². The SMILES string of the molecule is C=C(CC)CC(CO)CO. The van der Waals surface area contributed by atoms with E-state index in [4.69, 9.17) is 10.2 Å². The summed E-state index contributed by atoms with van der Waals surface area (Å²) in [5.41, 5.74) is 1.09. The van der Waals surface area contributed by atoms with Crippen molar-refractivity contribution in [2.24, 2.45) is 5.92 Å². The third kappa shape index (κ3) is 3.64. The third-order valence-electron chi connectivity index (χ3n) is 1.59. The molecule has 10 heavy (non-hydrogen) atoms. The van der Waals surface area contributed by atoms with Crippen LogP contribution in [0.2, 0.25) is 0 Å². The summed E-state index contributed by atoms with van der Waals surface area (Å²) in [5, 5.41) is 17.3. The lowest BCUT2D eigenvalue weighted by molar-refractivity contribution is 0.149. The van der Waals surface area contributed by atoms with Gasteiger partial charge >= 0.3 is 0 Å². The van der Waals surface area contributed by atoms with E-state index in [0.29, 0.717) is 0 Å². The maximum Gasteiger partial charge on any atom is 0.0484 e. The van der Waals surface area contributed by atoms with Crippen molar-refractivity contribution in [2.75, 3.05) is 13.2 Å². The fourth-order valence-electron chi connectivity index (χ4n) is 0.739. The van der Waals surface area contributed by atoms with Gasteiger partial charge in [-0.2, -0.15) is 0 Å². The Hall–Kier alpha value is -0.340. The van der Waals surface area contributed by atoms with Gasteiger partial charge in [-0.25, -0.2) is 0 Å². The van der Waals surface area contributed by atoms with Crippen molar-refractivity contribution in [3.63, 3.8) is 0 Å². The standard InChI is InChI=1S/C8H16O2/c1-3-7(2)4-8(5-9)6-10/h8-10H,2-6H2,1H3. The highest BCUT2D eigenvalue weighted by molar-refractivity contribution is 4.94. The number of rotatable bonds is 5. The summed E-state index contributed by atoms with van der Waals surface area (Å²) in [4.78, 5) is 0. The maximum absolute atomic E-state index is 8.67. The fourth-order valence-corrected chi connectivity index (χ4v) is 0.739. The lowest BCUT2D eigenvalue weighted by Gasteiger charge is -2.10. The van der Waals surface area contributed by atoms with Gasteiger partial charge in [0.1, 0.15) is 0 Å². The first-order valence-electron chi connectivity index (χ1n) is 3.62. The third-order valence-corrected chi connectivity index (χ3v) is 1.59. The van der Waals surface area contributed by atoms with Crippen LogP contribution < -0.4 is 0 Å². The first-order valence-corrected chi connectivity index (χ1v) is 3.62. The molecule has 2 N–H and O–H groups in total. The van der Waals surface area contributed by atoms with E-state index in [9.17, 15) is 0 Å². The summed E-state index contributed by atoms with van der Waals surface area (Å²) >= 11 is 0. The predicted octanol–water partition coefficient (Wildman–Crippen LogP) is 0.944. The maximum atomic E-state index is 8.67. The molecular formula is C8H16O2. The first-order chi connectivity index (χ1) is 4.74. The quantitative estimate of drug-likeness (QED) is 0.564. The lowest BCUT2D eigenvalue weighted by Crippen LogP contribution is -2.11. The molecule has 0 bridgehead atoms. The summed E-state index contributed by atoms with van der Waals surface area (Å²) in [6.45, 7) is 5.91. The zero-order chi connectivity index (χ0) is 7.98. The van der Waals surface area contributed by atoms with Crippen molar-refractivity contribution < 1.29 is 10.2 Å². The van der Waals surface area contributed by atoms with E-state index in [1.807, 2.05) is 6.92 Å². The van der Waals surface area contributed by atoms with Gasteiger partial charge in [0.15, 0.2) is 0 Å². The Balaban J connectivity index is 3.52. The van der Waals surface area contributed by atoms with Gasteiger partial charge in [0, 0.05) is 19.1 Å². The van der Waals surface area contributed by atoms with Crippen LogP contribution in [0.4, 0.5) is 0 Å². The summed E-state index contributed by atoms with van der Waals surface area (Å²) < 4.78 is 0. The predicted molar refractivity (Wildman–Crippen MR) is 41.7 cm³/mol. The van der Waals surface area contributed by atoms with Crippen molar-refractivity contribution in [3.8, 4) is 0 Å². The average molecular weight is 144 g/mol. The largest absolute Gasteiger partial charge is 0.396 e. The topological polar surface area (TPSA) is 40.5 Å². The van der Waals surface area contributed by atoms with Crippen LogP contribution in [0.3, 0.4) is 0 Å². The van der Waals surface area contributed by atoms with Crippen molar-refractivity contribution in [3.05, 3.63) is 12.2 Å². The molecule has 0 rings (SSSR count). The van der Waals surface area contributed by atoms with Crippen molar-refractivity contribution in [2.45, 2.75) is 19.8 Å². The summed E-state index contributed by atoms with van der Waals surface area (Å²) in [6, 6.07) is 0. The number of aliphatic hydroxyl groups is 2. The monoisotopic (exact) mass is 144 g/mol. The zero-order valence-electron chi connectivity index (χ0n) is 6.51. The van der Waals surface area contributed by atoms with Crippen LogP contribution in [0.5, 0.6) is 0 Å². The smallest absolute Gasteiger partial charge is 0.0484 e. The molecule has 0 aromatic carbocycles. The average Bonchev–Trinajstić information content (AvgIpc) is 1.99. The number of allylic oxidation sites excluding steroid dienone is 1. The van der Waals surface area contributed by atoms with Crippen LogP contribution in [-0.2, 0) is 0 Å². The second-order valence-corrected chi connectivity index (χ2v) is 2.54. The minimum atomic E-state index is -0.00699. The van der Waals surface area contributed by atoms with Crippen molar-refractivity contribution in [1.29, 1.82) is 0 Å². The number of hydrogen-bond acceptors (Lipinski definition) is 2. The van der Waals surface area contributed by atoms with Gasteiger partial charge in [-0.15, -0.1) is 0 Å². The molecule has 2 heteroatoms. The van der Waals surface area contributed by atoms with Gasteiger partial charge in [0.05, 0.1) is 0 Å². The first kappa shape index (κ1) is 9.66. The Morgan fingerprint density at radius 2 is 1.90 bits per heavy atom. The Morgan fingerprint density at radius 3 is 2.20 bits per heavy atom. The van der Waals surface area contributed by atoms with E-state index >= 15 is 0 Å². The summed E-state index contributed by atoms with van der Waals surface area (Å²) in [5.74, 6) is -0.00699. The highest BCUT2D eigenvalue weighted by Gasteiger charge is 2.05. The minimum absolute atomic E-state index is 0.00699. The van der Waals surface area contributed by atoms with Crippen LogP contribution in [0.15, 0.2) is 12.2 Å². The van der Waals surface area contributed by atoms with Gasteiger partial charge in [0.25, 0.3) is 0 Å². The molecule has 0 atom stereocenters. The van der Waals surface area contributed by atoms with E-state index < -0.39 is 0 Å². The highest BCUT2D eigenvalue weighted by atomic mass is 16.3. The van der Waals surface area contributed by atoms with Gasteiger partial charge in [-0.05, 0) is 12.8 Å². The van der Waals surface area contributed by atoms with Gasteiger partial charge < -0.3 is 10.2 Å². The van der Waals surface area contributed by atoms with E-state index in [-0.39, 0.29) is 19.1 Å². The van der Waals surface area contributed by atoms with E-state index in [1.54, 1.807) is 0 Å². The molecule has 0 saturated carbocycles. The van der Waals surface area contributed by atoms with E-state index in [1.165, 1.54) is 0 Å². The molecule has 0 aromatic heterocycles. The molecule has 0 aliphatic rings. The highest BCUT2D eigenvalue weighted by Crippen LogP contribution is 2.11. The molecular weight excluding hydrogens is 128 g/mol. The Labute approximate surface area is 62.2 Å². The zero-order valence-corrected chi connectivity index (χ0v) is 6.51. The summed E-state index contributed by atoms with van der Waals surface area (Å²) in [6.07, 6.45) is 1.67. The van der Waals surface area contributed by atoms with E-state index in [0.717, 1.165) is 18.4 Å². The molecule has 0 aliphatic heterocycles. The van der Waals surface area contributed by atoms with Gasteiger partial charge in [-0.3, -0.25) is 0 Å².